The number of nitrogens with one attached hydrogen (secondary N) is 1. The highest BCUT2D eigenvalue weighted by Crippen LogP contribution is 2.25. The second-order valence-electron chi connectivity index (χ2n) is 5.18. The van der Waals surface area contributed by atoms with Crippen LogP contribution in [0.2, 0.25) is 0 Å². The first-order valence-electron chi connectivity index (χ1n) is 7.55. The van der Waals surface area contributed by atoms with Gasteiger partial charge >= 0.3 is 0 Å². The van der Waals surface area contributed by atoms with Gasteiger partial charge in [-0.1, -0.05) is 25.5 Å². The minimum absolute atomic E-state index is 0. The Bertz CT molecular complexity index is 402. The minimum Gasteiger partial charge on any atom is -0.493 e. The van der Waals surface area contributed by atoms with E-state index in [-0.39, 0.29) is 12.4 Å². The van der Waals surface area contributed by atoms with Gasteiger partial charge < -0.3 is 14.8 Å². The van der Waals surface area contributed by atoms with E-state index >= 15 is 0 Å². The molecule has 1 saturated heterocycles. The molecule has 0 amide bonds. The highest BCUT2D eigenvalue weighted by molar-refractivity contribution is 5.85. The molecule has 1 aliphatic heterocycles. The standard InChI is InChI=1S/C16H26N2O2.ClH/c1-3-6-14-13-17-9-10-18(14)11-12-20-16-8-5-4-7-15(16)19-2;/h4-5,7-8,14,17H,3,6,9-13H2,1-2H3;1H. The Kier molecular flexibility index (Phi) is 8.50. The summed E-state index contributed by atoms with van der Waals surface area (Å²) in [6, 6.07) is 8.47. The van der Waals surface area contributed by atoms with Crippen molar-refractivity contribution < 1.29 is 9.47 Å². The van der Waals surface area contributed by atoms with Crippen molar-refractivity contribution >= 4 is 12.4 Å². The van der Waals surface area contributed by atoms with Gasteiger partial charge in [0.25, 0.3) is 0 Å². The summed E-state index contributed by atoms with van der Waals surface area (Å²) >= 11 is 0. The maximum absolute atomic E-state index is 5.87. The van der Waals surface area contributed by atoms with Gasteiger partial charge in [-0.2, -0.15) is 0 Å². The van der Waals surface area contributed by atoms with Crippen LogP contribution in [0.1, 0.15) is 19.8 Å². The van der Waals surface area contributed by atoms with Gasteiger partial charge in [0.2, 0.25) is 0 Å². The second-order valence-corrected chi connectivity index (χ2v) is 5.18. The molecule has 1 N–H and O–H groups in total. The predicted octanol–water partition coefficient (Wildman–Crippen LogP) is 2.57. The first kappa shape index (κ1) is 18.1. The van der Waals surface area contributed by atoms with E-state index in [1.165, 1.54) is 12.8 Å². The van der Waals surface area contributed by atoms with E-state index in [0.717, 1.165) is 37.7 Å². The Hall–Kier alpha value is -0.970. The van der Waals surface area contributed by atoms with Crippen LogP contribution in [0.15, 0.2) is 24.3 Å². The summed E-state index contributed by atoms with van der Waals surface area (Å²) in [6.45, 7) is 7.22. The highest BCUT2D eigenvalue weighted by Gasteiger charge is 2.20. The van der Waals surface area contributed by atoms with Crippen molar-refractivity contribution in [3.63, 3.8) is 0 Å². The van der Waals surface area contributed by atoms with Gasteiger partial charge in [-0.25, -0.2) is 0 Å². The van der Waals surface area contributed by atoms with Crippen LogP contribution in [0, 0.1) is 0 Å². The predicted molar refractivity (Wildman–Crippen MR) is 88.9 cm³/mol. The lowest BCUT2D eigenvalue weighted by molar-refractivity contribution is 0.126. The molecule has 1 atom stereocenters. The summed E-state index contributed by atoms with van der Waals surface area (Å²) in [6.07, 6.45) is 2.48. The zero-order chi connectivity index (χ0) is 14.2. The van der Waals surface area contributed by atoms with Gasteiger partial charge in [0, 0.05) is 32.2 Å². The molecule has 1 aromatic carbocycles. The third-order valence-corrected chi connectivity index (χ3v) is 3.80. The molecule has 1 aliphatic rings. The molecule has 1 heterocycles. The lowest BCUT2D eigenvalue weighted by Gasteiger charge is -2.36. The van der Waals surface area contributed by atoms with Gasteiger partial charge in [-0.05, 0) is 18.6 Å². The van der Waals surface area contributed by atoms with E-state index < -0.39 is 0 Å². The van der Waals surface area contributed by atoms with Crippen molar-refractivity contribution in [2.24, 2.45) is 0 Å². The Labute approximate surface area is 134 Å². The summed E-state index contributed by atoms with van der Waals surface area (Å²) in [5.41, 5.74) is 0. The number of halogens is 1. The van der Waals surface area contributed by atoms with Crippen molar-refractivity contribution in [1.82, 2.24) is 10.2 Å². The number of benzene rings is 1. The number of hydrogen-bond donors (Lipinski definition) is 1. The lowest BCUT2D eigenvalue weighted by Crippen LogP contribution is -2.52. The van der Waals surface area contributed by atoms with Crippen LogP contribution >= 0.6 is 12.4 Å². The molecule has 0 radical (unpaired) electrons. The molecule has 1 aromatic rings. The average Bonchev–Trinajstić information content (AvgIpc) is 2.50. The van der Waals surface area contributed by atoms with E-state index in [9.17, 15) is 0 Å². The van der Waals surface area contributed by atoms with Crippen LogP contribution in [-0.4, -0.2) is 50.8 Å². The maximum atomic E-state index is 5.87. The zero-order valence-electron chi connectivity index (χ0n) is 13.0. The summed E-state index contributed by atoms with van der Waals surface area (Å²) in [4.78, 5) is 2.54. The number of nitrogens with zero attached hydrogens (tertiary/aromatic N) is 1. The number of para-hydroxylation sites is 2. The molecule has 1 unspecified atom stereocenters. The van der Waals surface area contributed by atoms with Crippen LogP contribution in [0.5, 0.6) is 11.5 Å². The molecule has 0 aliphatic carbocycles. The Balaban J connectivity index is 0.00000220. The van der Waals surface area contributed by atoms with E-state index in [4.69, 9.17) is 9.47 Å². The summed E-state index contributed by atoms with van der Waals surface area (Å²) in [5.74, 6) is 1.63. The molecular formula is C16H27ClN2O2. The van der Waals surface area contributed by atoms with Crippen molar-refractivity contribution in [2.75, 3.05) is 39.9 Å². The second kappa shape index (κ2) is 9.87. The first-order chi connectivity index (χ1) is 9.85. The molecule has 0 aromatic heterocycles. The van der Waals surface area contributed by atoms with Gasteiger partial charge in [0.05, 0.1) is 7.11 Å². The Morgan fingerprint density at radius 2 is 2.05 bits per heavy atom. The number of ether oxygens (including phenoxy) is 2. The van der Waals surface area contributed by atoms with Crippen molar-refractivity contribution in [3.05, 3.63) is 24.3 Å². The number of methoxy groups -OCH3 is 1. The van der Waals surface area contributed by atoms with Crippen LogP contribution in [-0.2, 0) is 0 Å². The topological polar surface area (TPSA) is 33.7 Å². The molecule has 0 spiro atoms. The SMILES string of the molecule is CCCC1CNCCN1CCOc1ccccc1OC.Cl. The summed E-state index contributed by atoms with van der Waals surface area (Å²) in [7, 11) is 1.68. The van der Waals surface area contributed by atoms with Crippen molar-refractivity contribution in [2.45, 2.75) is 25.8 Å². The lowest BCUT2D eigenvalue weighted by atomic mass is 10.1. The fraction of sp³-hybridized carbons (Fsp3) is 0.625. The van der Waals surface area contributed by atoms with Crippen LogP contribution < -0.4 is 14.8 Å². The van der Waals surface area contributed by atoms with Crippen molar-refractivity contribution in [3.8, 4) is 11.5 Å². The van der Waals surface area contributed by atoms with E-state index in [1.807, 2.05) is 24.3 Å². The summed E-state index contributed by atoms with van der Waals surface area (Å²) < 4.78 is 11.2. The molecule has 0 bridgehead atoms. The minimum atomic E-state index is 0. The van der Waals surface area contributed by atoms with E-state index in [0.29, 0.717) is 12.6 Å². The fourth-order valence-corrected chi connectivity index (χ4v) is 2.73. The molecule has 5 heteroatoms. The maximum Gasteiger partial charge on any atom is 0.161 e. The molecule has 21 heavy (non-hydrogen) atoms. The van der Waals surface area contributed by atoms with Crippen LogP contribution in [0.3, 0.4) is 0 Å². The van der Waals surface area contributed by atoms with E-state index in [1.54, 1.807) is 7.11 Å². The van der Waals surface area contributed by atoms with Gasteiger partial charge in [0.1, 0.15) is 6.61 Å². The highest BCUT2D eigenvalue weighted by atomic mass is 35.5. The molecule has 2 rings (SSSR count). The molecule has 4 nitrogen and oxygen atoms in total. The molecular weight excluding hydrogens is 288 g/mol. The largest absolute Gasteiger partial charge is 0.493 e. The Morgan fingerprint density at radius 3 is 2.76 bits per heavy atom. The first-order valence-corrected chi connectivity index (χ1v) is 7.55. The summed E-state index contributed by atoms with van der Waals surface area (Å²) in [5, 5.41) is 3.47. The molecule has 0 saturated carbocycles. The number of piperazine rings is 1. The third kappa shape index (κ3) is 5.38. The smallest absolute Gasteiger partial charge is 0.161 e. The van der Waals surface area contributed by atoms with Crippen molar-refractivity contribution in [1.29, 1.82) is 0 Å². The number of hydrogen-bond acceptors (Lipinski definition) is 4. The number of rotatable bonds is 7. The molecule has 120 valence electrons. The van der Waals surface area contributed by atoms with Gasteiger partial charge in [-0.15, -0.1) is 12.4 Å². The average molecular weight is 315 g/mol. The zero-order valence-corrected chi connectivity index (χ0v) is 13.8. The normalized spacial score (nSPS) is 18.9. The fourth-order valence-electron chi connectivity index (χ4n) is 2.73. The van der Waals surface area contributed by atoms with E-state index in [2.05, 4.69) is 17.1 Å². The molecule has 1 fully saturated rings. The third-order valence-electron chi connectivity index (χ3n) is 3.80. The van der Waals surface area contributed by atoms with Crippen LogP contribution in [0.25, 0.3) is 0 Å². The van der Waals surface area contributed by atoms with Gasteiger partial charge in [-0.3, -0.25) is 4.90 Å². The van der Waals surface area contributed by atoms with Crippen LogP contribution in [0.4, 0.5) is 0 Å². The quantitative estimate of drug-likeness (QED) is 0.838. The monoisotopic (exact) mass is 314 g/mol. The Morgan fingerprint density at radius 1 is 1.29 bits per heavy atom. The van der Waals surface area contributed by atoms with Gasteiger partial charge in [0.15, 0.2) is 11.5 Å².